The van der Waals surface area contributed by atoms with Gasteiger partial charge < -0.3 is 5.32 Å². The van der Waals surface area contributed by atoms with Crippen LogP contribution in [0.2, 0.25) is 10.0 Å². The Kier molecular flexibility index (Phi) is 7.91. The molecule has 0 saturated carbocycles. The van der Waals surface area contributed by atoms with Crippen LogP contribution >= 0.6 is 35.0 Å². The summed E-state index contributed by atoms with van der Waals surface area (Å²) < 4.78 is 1.91. The van der Waals surface area contributed by atoms with Crippen LogP contribution in [0.3, 0.4) is 0 Å². The zero-order chi connectivity index (χ0) is 23.5. The average molecular weight is 491 g/mol. The zero-order valence-corrected chi connectivity index (χ0v) is 21.3. The van der Waals surface area contributed by atoms with E-state index in [4.69, 9.17) is 23.2 Å². The van der Waals surface area contributed by atoms with E-state index in [-0.39, 0.29) is 17.4 Å². The Hall–Kier alpha value is -2.02. The van der Waals surface area contributed by atoms with Crippen molar-refractivity contribution in [3.8, 4) is 5.69 Å². The Morgan fingerprint density at radius 1 is 1.16 bits per heavy atom. The molecule has 0 bridgehead atoms. The van der Waals surface area contributed by atoms with Crippen LogP contribution in [0.25, 0.3) is 5.69 Å². The number of aryl methyl sites for hydroxylation is 1. The molecule has 32 heavy (non-hydrogen) atoms. The van der Waals surface area contributed by atoms with Crippen LogP contribution in [0.4, 0.5) is 0 Å². The molecule has 1 heterocycles. The van der Waals surface area contributed by atoms with Crippen LogP contribution < -0.4 is 5.32 Å². The average Bonchev–Trinajstić information content (AvgIpc) is 3.09. The van der Waals surface area contributed by atoms with Crippen LogP contribution in [0.5, 0.6) is 0 Å². The number of hydrogen-bond donors (Lipinski definition) is 1. The maximum Gasteiger partial charge on any atom is 0.221 e. The van der Waals surface area contributed by atoms with Gasteiger partial charge in [-0.05, 0) is 48.6 Å². The minimum Gasteiger partial charge on any atom is -0.346 e. The zero-order valence-electron chi connectivity index (χ0n) is 18.9. The largest absolute Gasteiger partial charge is 0.346 e. The molecular weight excluding hydrogens is 463 g/mol. The van der Waals surface area contributed by atoms with E-state index in [0.717, 1.165) is 11.4 Å². The Morgan fingerprint density at radius 2 is 1.88 bits per heavy atom. The lowest BCUT2D eigenvalue weighted by Crippen LogP contribution is -2.31. The molecule has 0 aliphatic carbocycles. The number of nitrogens with one attached hydrogen (secondary N) is 1. The number of amides is 1. The molecule has 0 aliphatic heterocycles. The fourth-order valence-corrected chi connectivity index (χ4v) is 4.82. The van der Waals surface area contributed by atoms with Crippen LogP contribution in [0.15, 0.2) is 47.6 Å². The molecule has 170 valence electrons. The first-order valence-corrected chi connectivity index (χ1v) is 12.2. The number of carbonyl (C=O) groups excluding carboxylic acids is 1. The van der Waals surface area contributed by atoms with E-state index < -0.39 is 0 Å². The van der Waals surface area contributed by atoms with Gasteiger partial charge in [-0.1, -0.05) is 80.0 Å². The summed E-state index contributed by atoms with van der Waals surface area (Å²) in [7, 11) is 0. The number of nitrogens with zero attached hydrogens (tertiary/aromatic N) is 3. The summed E-state index contributed by atoms with van der Waals surface area (Å²) in [6.45, 7) is 10.1. The van der Waals surface area contributed by atoms with Gasteiger partial charge in [0.25, 0.3) is 0 Å². The van der Waals surface area contributed by atoms with Crippen molar-refractivity contribution in [3.63, 3.8) is 0 Å². The molecule has 3 rings (SSSR count). The Morgan fingerprint density at radius 3 is 2.53 bits per heavy atom. The van der Waals surface area contributed by atoms with Crippen molar-refractivity contribution < 1.29 is 4.79 Å². The Labute approximate surface area is 203 Å². The third kappa shape index (κ3) is 6.27. The number of aromatic nitrogens is 3. The fourth-order valence-electron chi connectivity index (χ4n) is 3.30. The standard InChI is InChI=1S/C24H28Cl2N4OS/c1-15-8-6-7-9-17(15)14-32-23-29-28-22(16(2)27-21(31)13-24(3,4)5)30(23)20-11-10-18(25)12-19(20)26/h6-12,16H,13-14H2,1-5H3,(H,27,31). The van der Waals surface area contributed by atoms with Gasteiger partial charge in [0.15, 0.2) is 11.0 Å². The maximum atomic E-state index is 12.5. The molecule has 1 amide bonds. The normalized spacial score (nSPS) is 12.6. The van der Waals surface area contributed by atoms with Gasteiger partial charge in [0.1, 0.15) is 0 Å². The molecule has 0 fully saturated rings. The molecular formula is C24H28Cl2N4OS. The van der Waals surface area contributed by atoms with E-state index >= 15 is 0 Å². The third-order valence-corrected chi connectivity index (χ3v) is 6.40. The van der Waals surface area contributed by atoms with Gasteiger partial charge >= 0.3 is 0 Å². The molecule has 0 spiro atoms. The summed E-state index contributed by atoms with van der Waals surface area (Å²) >= 11 is 14.2. The molecule has 1 unspecified atom stereocenters. The molecule has 2 aromatic carbocycles. The quantitative estimate of drug-likeness (QED) is 0.370. The smallest absolute Gasteiger partial charge is 0.221 e. The molecule has 1 N–H and O–H groups in total. The lowest BCUT2D eigenvalue weighted by Gasteiger charge is -2.21. The molecule has 0 radical (unpaired) electrons. The maximum absolute atomic E-state index is 12.5. The number of benzene rings is 2. The van der Waals surface area contributed by atoms with Gasteiger partial charge in [-0.15, -0.1) is 10.2 Å². The van der Waals surface area contributed by atoms with E-state index in [0.29, 0.717) is 27.4 Å². The van der Waals surface area contributed by atoms with E-state index in [2.05, 4.69) is 34.6 Å². The van der Waals surface area contributed by atoms with Gasteiger partial charge in [-0.25, -0.2) is 0 Å². The van der Waals surface area contributed by atoms with Crippen molar-refractivity contribution >= 4 is 40.9 Å². The van der Waals surface area contributed by atoms with Gasteiger partial charge in [0, 0.05) is 17.2 Å². The lowest BCUT2D eigenvalue weighted by atomic mass is 9.92. The minimum absolute atomic E-state index is 0.0316. The van der Waals surface area contributed by atoms with Crippen molar-refractivity contribution in [3.05, 3.63) is 69.5 Å². The van der Waals surface area contributed by atoms with Gasteiger partial charge in [-0.2, -0.15) is 0 Å². The predicted octanol–water partition coefficient (Wildman–Crippen LogP) is 6.79. The second kappa shape index (κ2) is 10.3. The lowest BCUT2D eigenvalue weighted by molar-refractivity contribution is -0.123. The number of rotatable bonds is 7. The minimum atomic E-state index is -0.350. The predicted molar refractivity (Wildman–Crippen MR) is 133 cm³/mol. The topological polar surface area (TPSA) is 59.8 Å². The van der Waals surface area contributed by atoms with E-state index in [1.54, 1.807) is 23.9 Å². The van der Waals surface area contributed by atoms with E-state index in [9.17, 15) is 4.79 Å². The Balaban J connectivity index is 1.95. The van der Waals surface area contributed by atoms with Crippen molar-refractivity contribution in [1.82, 2.24) is 20.1 Å². The highest BCUT2D eigenvalue weighted by molar-refractivity contribution is 7.98. The van der Waals surface area contributed by atoms with Crippen LogP contribution in [0.1, 0.15) is 57.1 Å². The molecule has 5 nitrogen and oxygen atoms in total. The summed E-state index contributed by atoms with van der Waals surface area (Å²) in [5.74, 6) is 1.32. The van der Waals surface area contributed by atoms with Gasteiger partial charge in [-0.3, -0.25) is 9.36 Å². The highest BCUT2D eigenvalue weighted by atomic mass is 35.5. The third-order valence-electron chi connectivity index (χ3n) is 4.88. The number of thioether (sulfide) groups is 1. The van der Waals surface area contributed by atoms with Crippen LogP contribution in [0, 0.1) is 12.3 Å². The highest BCUT2D eigenvalue weighted by Gasteiger charge is 2.24. The van der Waals surface area contributed by atoms with Crippen LogP contribution in [-0.2, 0) is 10.5 Å². The monoisotopic (exact) mass is 490 g/mol. The Bertz CT molecular complexity index is 1110. The van der Waals surface area contributed by atoms with Gasteiger partial charge in [0.05, 0.1) is 16.8 Å². The number of carbonyl (C=O) groups is 1. The summed E-state index contributed by atoms with van der Waals surface area (Å²) in [6, 6.07) is 13.2. The number of hydrogen-bond acceptors (Lipinski definition) is 4. The van der Waals surface area contributed by atoms with Crippen molar-refractivity contribution in [2.75, 3.05) is 0 Å². The van der Waals surface area contributed by atoms with Crippen molar-refractivity contribution in [2.45, 2.75) is 58.0 Å². The summed E-state index contributed by atoms with van der Waals surface area (Å²) in [5.41, 5.74) is 3.06. The second-order valence-electron chi connectivity index (χ2n) is 9.01. The summed E-state index contributed by atoms with van der Waals surface area (Å²) in [5, 5.41) is 13.7. The SMILES string of the molecule is Cc1ccccc1CSc1nnc(C(C)NC(=O)CC(C)(C)C)n1-c1ccc(Cl)cc1Cl. The first-order chi connectivity index (χ1) is 15.0. The molecule has 1 atom stereocenters. The van der Waals surface area contributed by atoms with E-state index in [1.807, 2.05) is 50.5 Å². The first-order valence-electron chi connectivity index (χ1n) is 10.4. The number of halogens is 2. The van der Waals surface area contributed by atoms with Crippen LogP contribution in [-0.4, -0.2) is 20.7 Å². The highest BCUT2D eigenvalue weighted by Crippen LogP contribution is 2.32. The molecule has 1 aromatic heterocycles. The van der Waals surface area contributed by atoms with Crippen molar-refractivity contribution in [1.29, 1.82) is 0 Å². The summed E-state index contributed by atoms with van der Waals surface area (Å²) in [6.07, 6.45) is 0.419. The van der Waals surface area contributed by atoms with E-state index in [1.165, 1.54) is 11.1 Å². The first kappa shape index (κ1) is 24.6. The second-order valence-corrected chi connectivity index (χ2v) is 10.8. The van der Waals surface area contributed by atoms with Gasteiger partial charge in [0.2, 0.25) is 5.91 Å². The molecule has 8 heteroatoms. The molecule has 3 aromatic rings. The van der Waals surface area contributed by atoms with Crippen molar-refractivity contribution in [2.24, 2.45) is 5.41 Å². The molecule has 0 aliphatic rings. The summed E-state index contributed by atoms with van der Waals surface area (Å²) in [4.78, 5) is 12.5. The fraction of sp³-hybridized carbons (Fsp3) is 0.375. The molecule has 0 saturated heterocycles.